The summed E-state index contributed by atoms with van der Waals surface area (Å²) in [6.45, 7) is 10.7. The fourth-order valence-electron chi connectivity index (χ4n) is 4.29. The monoisotopic (exact) mass is 442 g/mol. The van der Waals surface area contributed by atoms with Gasteiger partial charge in [-0.3, -0.25) is 9.59 Å². The molecule has 0 radical (unpaired) electrons. The second kappa shape index (κ2) is 9.49. The number of rotatable bonds is 6. The van der Waals surface area contributed by atoms with Crippen molar-refractivity contribution in [3.8, 4) is 10.4 Å². The fourth-order valence-corrected chi connectivity index (χ4v) is 5.10. The number of carbonyl (C=O) groups is 2. The van der Waals surface area contributed by atoms with Crippen LogP contribution >= 0.6 is 11.3 Å². The minimum atomic E-state index is -0.410. The summed E-state index contributed by atoms with van der Waals surface area (Å²) in [5, 5.41) is 6.26. The molecule has 2 heterocycles. The van der Waals surface area contributed by atoms with Crippen LogP contribution in [0.1, 0.15) is 57.8 Å². The SMILES string of the molecule is CN[C@H](C(=O)N1CCC[C@H]1C(=O)NC(C)c1ccc(-c2scnc2C)cc1)C(C)(C)C. The maximum absolute atomic E-state index is 13.2. The van der Waals surface area contributed by atoms with Gasteiger partial charge in [0.25, 0.3) is 0 Å². The van der Waals surface area contributed by atoms with Crippen molar-refractivity contribution in [2.75, 3.05) is 13.6 Å². The van der Waals surface area contributed by atoms with Gasteiger partial charge in [0.1, 0.15) is 6.04 Å². The van der Waals surface area contributed by atoms with Crippen molar-refractivity contribution < 1.29 is 9.59 Å². The zero-order valence-corrected chi connectivity index (χ0v) is 20.2. The second-order valence-corrected chi connectivity index (χ2v) is 10.3. The Morgan fingerprint density at radius 3 is 2.45 bits per heavy atom. The Kier molecular flexibility index (Phi) is 7.17. The number of hydrogen-bond acceptors (Lipinski definition) is 5. The standard InChI is InChI=1S/C24H34N4O2S/c1-15(17-9-11-18(12-10-17)20-16(2)26-14-31-20)27-22(29)19-8-7-13-28(19)23(30)21(25-6)24(3,4)5/h9-12,14-15,19,21,25H,7-8,13H2,1-6H3,(H,27,29)/t15?,19-,21+/m0/s1. The average Bonchev–Trinajstić information content (AvgIpc) is 3.36. The molecule has 7 heteroatoms. The summed E-state index contributed by atoms with van der Waals surface area (Å²) in [6.07, 6.45) is 1.55. The Hall–Kier alpha value is -2.25. The lowest BCUT2D eigenvalue weighted by atomic mass is 9.86. The Bertz CT molecular complexity index is 916. The Morgan fingerprint density at radius 2 is 1.90 bits per heavy atom. The number of nitrogens with zero attached hydrogens (tertiary/aromatic N) is 2. The molecule has 2 aromatic rings. The molecule has 3 atom stereocenters. The quantitative estimate of drug-likeness (QED) is 0.711. The lowest BCUT2D eigenvalue weighted by Crippen LogP contribution is -2.55. The lowest BCUT2D eigenvalue weighted by molar-refractivity contribution is -0.142. The van der Waals surface area contributed by atoms with Crippen molar-refractivity contribution in [1.29, 1.82) is 0 Å². The number of amides is 2. The zero-order chi connectivity index (χ0) is 22.8. The fraction of sp³-hybridized carbons (Fsp3) is 0.542. The number of benzene rings is 1. The van der Waals surface area contributed by atoms with E-state index >= 15 is 0 Å². The minimum absolute atomic E-state index is 0.00424. The van der Waals surface area contributed by atoms with Gasteiger partial charge >= 0.3 is 0 Å². The van der Waals surface area contributed by atoms with Crippen LogP contribution in [-0.4, -0.2) is 47.4 Å². The molecule has 1 unspecified atom stereocenters. The van der Waals surface area contributed by atoms with Gasteiger partial charge in [-0.15, -0.1) is 11.3 Å². The van der Waals surface area contributed by atoms with Crippen molar-refractivity contribution >= 4 is 23.2 Å². The Morgan fingerprint density at radius 1 is 1.23 bits per heavy atom. The third kappa shape index (κ3) is 5.15. The molecular formula is C24H34N4O2S. The highest BCUT2D eigenvalue weighted by atomic mass is 32.1. The van der Waals surface area contributed by atoms with E-state index in [0.29, 0.717) is 13.0 Å². The van der Waals surface area contributed by atoms with E-state index in [1.165, 1.54) is 4.88 Å². The van der Waals surface area contributed by atoms with Crippen molar-refractivity contribution in [3.63, 3.8) is 0 Å². The van der Waals surface area contributed by atoms with Gasteiger partial charge in [-0.05, 0) is 50.3 Å². The smallest absolute Gasteiger partial charge is 0.243 e. The number of thiazole rings is 1. The first-order valence-electron chi connectivity index (χ1n) is 10.9. The van der Waals surface area contributed by atoms with Gasteiger partial charge in [0, 0.05) is 6.54 Å². The van der Waals surface area contributed by atoms with Crippen LogP contribution in [0.2, 0.25) is 0 Å². The van der Waals surface area contributed by atoms with E-state index in [-0.39, 0.29) is 29.3 Å². The highest BCUT2D eigenvalue weighted by molar-refractivity contribution is 7.13. The van der Waals surface area contributed by atoms with Crippen LogP contribution in [0.3, 0.4) is 0 Å². The van der Waals surface area contributed by atoms with Crippen LogP contribution in [0.25, 0.3) is 10.4 Å². The van der Waals surface area contributed by atoms with E-state index in [4.69, 9.17) is 0 Å². The molecule has 0 spiro atoms. The predicted octanol–water partition coefficient (Wildman–Crippen LogP) is 3.92. The number of carbonyl (C=O) groups excluding carboxylic acids is 2. The first-order chi connectivity index (χ1) is 14.6. The summed E-state index contributed by atoms with van der Waals surface area (Å²) in [5.41, 5.74) is 4.84. The maximum atomic E-state index is 13.2. The van der Waals surface area contributed by atoms with Gasteiger partial charge in [-0.1, -0.05) is 45.0 Å². The molecule has 1 aromatic carbocycles. The topological polar surface area (TPSA) is 74.3 Å². The van der Waals surface area contributed by atoms with Gasteiger partial charge in [0.05, 0.1) is 28.2 Å². The molecule has 168 valence electrons. The number of likely N-dealkylation sites (N-methyl/N-ethyl adjacent to an activating group) is 1. The van der Waals surface area contributed by atoms with Crippen molar-refractivity contribution in [3.05, 3.63) is 41.0 Å². The molecule has 31 heavy (non-hydrogen) atoms. The molecule has 1 aliphatic heterocycles. The van der Waals surface area contributed by atoms with E-state index in [2.05, 4.69) is 27.8 Å². The van der Waals surface area contributed by atoms with Crippen molar-refractivity contribution in [1.82, 2.24) is 20.5 Å². The highest BCUT2D eigenvalue weighted by Crippen LogP contribution is 2.29. The predicted molar refractivity (Wildman–Crippen MR) is 126 cm³/mol. The average molecular weight is 443 g/mol. The molecule has 0 bridgehead atoms. The van der Waals surface area contributed by atoms with E-state index in [1.54, 1.807) is 23.3 Å². The van der Waals surface area contributed by atoms with Crippen molar-refractivity contribution in [2.45, 2.75) is 65.6 Å². The number of aryl methyl sites for hydroxylation is 1. The molecule has 2 amide bonds. The molecule has 1 aliphatic rings. The summed E-state index contributed by atoms with van der Waals surface area (Å²) >= 11 is 1.63. The molecule has 1 fully saturated rings. The van der Waals surface area contributed by atoms with Gasteiger partial charge in [-0.2, -0.15) is 0 Å². The highest BCUT2D eigenvalue weighted by Gasteiger charge is 2.40. The first kappa shape index (κ1) is 23.4. The minimum Gasteiger partial charge on any atom is -0.348 e. The zero-order valence-electron chi connectivity index (χ0n) is 19.4. The number of nitrogens with one attached hydrogen (secondary N) is 2. The van der Waals surface area contributed by atoms with Gasteiger partial charge in [0.15, 0.2) is 0 Å². The summed E-state index contributed by atoms with van der Waals surface area (Å²) in [4.78, 5) is 33.5. The largest absolute Gasteiger partial charge is 0.348 e. The molecule has 6 nitrogen and oxygen atoms in total. The maximum Gasteiger partial charge on any atom is 0.243 e. The molecule has 1 saturated heterocycles. The van der Waals surface area contributed by atoms with E-state index in [1.807, 2.05) is 52.3 Å². The van der Waals surface area contributed by atoms with E-state index in [9.17, 15) is 9.59 Å². The van der Waals surface area contributed by atoms with Crippen molar-refractivity contribution in [2.24, 2.45) is 5.41 Å². The first-order valence-corrected chi connectivity index (χ1v) is 11.8. The van der Waals surface area contributed by atoms with Gasteiger partial charge < -0.3 is 15.5 Å². The molecular weight excluding hydrogens is 408 g/mol. The van der Waals surface area contributed by atoms with Crippen LogP contribution < -0.4 is 10.6 Å². The van der Waals surface area contributed by atoms with Crippen LogP contribution in [-0.2, 0) is 9.59 Å². The summed E-state index contributed by atoms with van der Waals surface area (Å²) < 4.78 is 0. The summed E-state index contributed by atoms with van der Waals surface area (Å²) in [7, 11) is 1.80. The molecule has 1 aromatic heterocycles. The third-order valence-electron chi connectivity index (χ3n) is 6.02. The molecule has 0 aliphatic carbocycles. The number of likely N-dealkylation sites (tertiary alicyclic amines) is 1. The van der Waals surface area contributed by atoms with Gasteiger partial charge in [0.2, 0.25) is 11.8 Å². The molecule has 2 N–H and O–H groups in total. The van der Waals surface area contributed by atoms with Crippen LogP contribution in [0, 0.1) is 12.3 Å². The van der Waals surface area contributed by atoms with Gasteiger partial charge in [-0.25, -0.2) is 4.98 Å². The number of aromatic nitrogens is 1. The van der Waals surface area contributed by atoms with E-state index < -0.39 is 6.04 Å². The lowest BCUT2D eigenvalue weighted by Gasteiger charge is -2.35. The third-order valence-corrected chi connectivity index (χ3v) is 6.99. The molecule has 0 saturated carbocycles. The normalized spacial score (nSPS) is 18.6. The van der Waals surface area contributed by atoms with E-state index in [0.717, 1.165) is 23.2 Å². The Balaban J connectivity index is 1.67. The molecule has 3 rings (SSSR count). The van der Waals surface area contributed by atoms with Crippen LogP contribution in [0.5, 0.6) is 0 Å². The number of hydrogen-bond donors (Lipinski definition) is 2. The Labute approximate surface area is 189 Å². The van der Waals surface area contributed by atoms with Crippen LogP contribution in [0.4, 0.5) is 0 Å². The summed E-state index contributed by atoms with van der Waals surface area (Å²) in [6, 6.07) is 7.38. The second-order valence-electron chi connectivity index (χ2n) is 9.40. The van der Waals surface area contributed by atoms with Crippen LogP contribution in [0.15, 0.2) is 29.8 Å². The summed E-state index contributed by atoms with van der Waals surface area (Å²) in [5.74, 6) is -0.0749.